The van der Waals surface area contributed by atoms with E-state index in [2.05, 4.69) is 20.6 Å². The number of nitrogen functional groups attached to an aromatic ring is 1. The van der Waals surface area contributed by atoms with E-state index in [1.54, 1.807) is 24.5 Å². The van der Waals surface area contributed by atoms with Crippen LogP contribution in [-0.2, 0) is 13.0 Å². The molecule has 196 valence electrons. The van der Waals surface area contributed by atoms with Gasteiger partial charge in [-0.3, -0.25) is 19.9 Å². The molecule has 0 radical (unpaired) electrons. The largest absolute Gasteiger partial charge is 0.378 e. The van der Waals surface area contributed by atoms with Gasteiger partial charge in [0, 0.05) is 65.5 Å². The summed E-state index contributed by atoms with van der Waals surface area (Å²) in [6.07, 6.45) is 6.64. The summed E-state index contributed by atoms with van der Waals surface area (Å²) < 4.78 is 1.88. The molecular formula is C26H25Cl2N7O3. The molecule has 0 aliphatic heterocycles. The molecule has 0 unspecified atom stereocenters. The molecule has 1 aromatic carbocycles. The number of anilines is 2. The number of aryl methyl sites for hydroxylation is 1. The lowest BCUT2D eigenvalue weighted by molar-refractivity contribution is -0.384. The fourth-order valence-corrected chi connectivity index (χ4v) is 4.42. The van der Waals surface area contributed by atoms with Crippen LogP contribution in [0.25, 0.3) is 11.1 Å². The molecule has 4 N–H and O–H groups in total. The van der Waals surface area contributed by atoms with Crippen molar-refractivity contribution < 1.29 is 9.72 Å². The standard InChI is InChI=1S/C26H25Cl2N7O3/c27-19-2-3-20(21(28)15-19)18-14-23(26(36)32-12-8-17-6-10-30-11-7-17)34(16-18)13-1-9-31-24-5-4-22(35(37)38)25(29)33-24/h2-7,10-11,14-16H,1,8-9,12-13H2,(H,32,36)(H3,29,31,33). The molecule has 0 spiro atoms. The van der Waals surface area contributed by atoms with Crippen molar-refractivity contribution in [1.82, 2.24) is 19.9 Å². The minimum atomic E-state index is -0.577. The third kappa shape index (κ3) is 6.78. The van der Waals surface area contributed by atoms with E-state index in [1.165, 1.54) is 12.1 Å². The second-order valence-corrected chi connectivity index (χ2v) is 9.27. The number of rotatable bonds is 11. The van der Waals surface area contributed by atoms with E-state index in [0.717, 1.165) is 16.7 Å². The third-order valence-corrected chi connectivity index (χ3v) is 6.35. The van der Waals surface area contributed by atoms with E-state index < -0.39 is 4.92 Å². The van der Waals surface area contributed by atoms with Gasteiger partial charge in [0.2, 0.25) is 5.82 Å². The topological polar surface area (TPSA) is 141 Å². The Labute approximate surface area is 229 Å². The van der Waals surface area contributed by atoms with Gasteiger partial charge in [-0.1, -0.05) is 29.3 Å². The Balaban J connectivity index is 1.45. The Morgan fingerprint density at radius 3 is 2.58 bits per heavy atom. The first-order valence-corrected chi connectivity index (χ1v) is 12.5. The maximum Gasteiger partial charge on any atom is 0.311 e. The number of pyridine rings is 2. The minimum Gasteiger partial charge on any atom is -0.378 e. The van der Waals surface area contributed by atoms with E-state index in [-0.39, 0.29) is 17.4 Å². The van der Waals surface area contributed by atoms with Crippen LogP contribution in [-0.4, -0.2) is 38.5 Å². The van der Waals surface area contributed by atoms with Crippen LogP contribution in [0, 0.1) is 10.1 Å². The van der Waals surface area contributed by atoms with Crippen LogP contribution in [0.3, 0.4) is 0 Å². The summed E-state index contributed by atoms with van der Waals surface area (Å²) in [5.74, 6) is 0.0806. The predicted molar refractivity (Wildman–Crippen MR) is 149 cm³/mol. The molecule has 4 aromatic rings. The van der Waals surface area contributed by atoms with Gasteiger partial charge in [-0.05, 0) is 54.8 Å². The van der Waals surface area contributed by atoms with E-state index in [0.29, 0.717) is 54.0 Å². The van der Waals surface area contributed by atoms with Crippen LogP contribution in [0.2, 0.25) is 10.0 Å². The van der Waals surface area contributed by atoms with Gasteiger partial charge >= 0.3 is 5.69 Å². The number of halogens is 2. The molecule has 0 saturated carbocycles. The van der Waals surface area contributed by atoms with Crippen LogP contribution in [0.1, 0.15) is 22.5 Å². The van der Waals surface area contributed by atoms with Gasteiger partial charge in [-0.15, -0.1) is 0 Å². The summed E-state index contributed by atoms with van der Waals surface area (Å²) in [7, 11) is 0. The van der Waals surface area contributed by atoms with E-state index in [4.69, 9.17) is 28.9 Å². The lowest BCUT2D eigenvalue weighted by Gasteiger charge is -2.11. The number of nitrogens with two attached hydrogens (primary N) is 1. The zero-order valence-corrected chi connectivity index (χ0v) is 21.7. The van der Waals surface area contributed by atoms with Gasteiger partial charge in [0.05, 0.1) is 4.92 Å². The van der Waals surface area contributed by atoms with E-state index in [1.807, 2.05) is 35.0 Å². The van der Waals surface area contributed by atoms with Crippen molar-refractivity contribution in [2.24, 2.45) is 0 Å². The number of hydrogen-bond donors (Lipinski definition) is 3. The third-order valence-electron chi connectivity index (χ3n) is 5.80. The minimum absolute atomic E-state index is 0.152. The van der Waals surface area contributed by atoms with Crippen molar-refractivity contribution >= 4 is 46.4 Å². The smallest absolute Gasteiger partial charge is 0.311 e. The molecule has 0 atom stereocenters. The van der Waals surface area contributed by atoms with Crippen molar-refractivity contribution in [2.45, 2.75) is 19.4 Å². The maximum atomic E-state index is 13.1. The molecule has 0 saturated heterocycles. The van der Waals surface area contributed by atoms with Gasteiger partial charge in [0.15, 0.2) is 0 Å². The highest BCUT2D eigenvalue weighted by Crippen LogP contribution is 2.32. The Morgan fingerprint density at radius 2 is 1.87 bits per heavy atom. The molecule has 0 bridgehead atoms. The molecule has 4 rings (SSSR count). The summed E-state index contributed by atoms with van der Waals surface area (Å²) in [6, 6.07) is 13.7. The van der Waals surface area contributed by atoms with Crippen molar-refractivity contribution in [3.05, 3.63) is 98.5 Å². The highest BCUT2D eigenvalue weighted by molar-refractivity contribution is 6.36. The van der Waals surface area contributed by atoms with Crippen LogP contribution in [0.15, 0.2) is 67.1 Å². The highest BCUT2D eigenvalue weighted by Gasteiger charge is 2.17. The Bertz CT molecular complexity index is 1440. The molecule has 0 aliphatic carbocycles. The normalized spacial score (nSPS) is 10.8. The van der Waals surface area contributed by atoms with Gasteiger partial charge in [0.25, 0.3) is 5.91 Å². The fraction of sp³-hybridized carbons (Fsp3) is 0.192. The highest BCUT2D eigenvalue weighted by atomic mass is 35.5. The first-order valence-electron chi connectivity index (χ1n) is 11.8. The molecule has 0 aliphatic rings. The van der Waals surface area contributed by atoms with Gasteiger partial charge in [-0.25, -0.2) is 4.98 Å². The maximum absolute atomic E-state index is 13.1. The monoisotopic (exact) mass is 553 g/mol. The molecule has 3 heterocycles. The van der Waals surface area contributed by atoms with Crippen LogP contribution >= 0.6 is 23.2 Å². The van der Waals surface area contributed by atoms with Crippen molar-refractivity contribution in [2.75, 3.05) is 24.1 Å². The van der Waals surface area contributed by atoms with Crippen molar-refractivity contribution in [3.63, 3.8) is 0 Å². The number of carbonyl (C=O) groups excluding carboxylic acids is 1. The molecule has 1 amide bonds. The number of nitrogens with one attached hydrogen (secondary N) is 2. The molecular weight excluding hydrogens is 529 g/mol. The fourth-order valence-electron chi connectivity index (χ4n) is 3.90. The number of nitro groups is 1. The van der Waals surface area contributed by atoms with Gasteiger partial charge in [-0.2, -0.15) is 0 Å². The molecule has 38 heavy (non-hydrogen) atoms. The first kappa shape index (κ1) is 26.9. The summed E-state index contributed by atoms with van der Waals surface area (Å²) in [4.78, 5) is 31.5. The average Bonchev–Trinajstić information content (AvgIpc) is 3.31. The second-order valence-electron chi connectivity index (χ2n) is 8.43. The van der Waals surface area contributed by atoms with Crippen LogP contribution in [0.4, 0.5) is 17.3 Å². The molecule has 3 aromatic heterocycles. The quantitative estimate of drug-likeness (QED) is 0.131. The lowest BCUT2D eigenvalue weighted by atomic mass is 10.1. The number of carbonyl (C=O) groups is 1. The average molecular weight is 554 g/mol. The summed E-state index contributed by atoms with van der Waals surface area (Å²) in [5.41, 5.74) is 8.57. The van der Waals surface area contributed by atoms with E-state index in [9.17, 15) is 14.9 Å². The van der Waals surface area contributed by atoms with E-state index >= 15 is 0 Å². The number of nitrogens with zero attached hydrogens (tertiary/aromatic N) is 4. The number of hydrogen-bond acceptors (Lipinski definition) is 7. The Kier molecular flexibility index (Phi) is 8.77. The molecule has 0 fully saturated rings. The number of amides is 1. The van der Waals surface area contributed by atoms with Crippen molar-refractivity contribution in [1.29, 1.82) is 0 Å². The summed E-state index contributed by atoms with van der Waals surface area (Å²) in [5, 5.41) is 18.0. The van der Waals surface area contributed by atoms with Crippen LogP contribution < -0.4 is 16.4 Å². The Morgan fingerprint density at radius 1 is 1.08 bits per heavy atom. The van der Waals surface area contributed by atoms with Crippen LogP contribution in [0.5, 0.6) is 0 Å². The first-order chi connectivity index (χ1) is 18.3. The lowest BCUT2D eigenvalue weighted by Crippen LogP contribution is -2.28. The van der Waals surface area contributed by atoms with Crippen molar-refractivity contribution in [3.8, 4) is 11.1 Å². The summed E-state index contributed by atoms with van der Waals surface area (Å²) >= 11 is 12.5. The summed E-state index contributed by atoms with van der Waals surface area (Å²) in [6.45, 7) is 1.50. The SMILES string of the molecule is Nc1nc(NCCCn2cc(-c3ccc(Cl)cc3Cl)cc2C(=O)NCCc2ccncc2)ccc1[N+](=O)[O-]. The molecule has 12 heteroatoms. The van der Waals surface area contributed by atoms with Gasteiger partial charge in [0.1, 0.15) is 11.5 Å². The zero-order chi connectivity index (χ0) is 27.1. The zero-order valence-electron chi connectivity index (χ0n) is 20.2. The molecule has 10 nitrogen and oxygen atoms in total. The Hall–Kier alpha value is -4.15. The second kappa shape index (κ2) is 12.4. The van der Waals surface area contributed by atoms with Gasteiger partial charge < -0.3 is 20.9 Å². The number of benzene rings is 1. The number of aromatic nitrogens is 3. The predicted octanol–water partition coefficient (Wildman–Crippen LogP) is 5.22.